The van der Waals surface area contributed by atoms with Gasteiger partial charge in [0.05, 0.1) is 0 Å². The van der Waals surface area contributed by atoms with Gasteiger partial charge in [0.1, 0.15) is 0 Å². The van der Waals surface area contributed by atoms with Crippen LogP contribution in [0.25, 0.3) is 0 Å². The van der Waals surface area contributed by atoms with Gasteiger partial charge in [-0.25, -0.2) is 9.87 Å². The van der Waals surface area contributed by atoms with E-state index in [-0.39, 0.29) is 5.56 Å². The third-order valence-corrected chi connectivity index (χ3v) is 3.36. The van der Waals surface area contributed by atoms with Gasteiger partial charge in [-0.15, -0.1) is 0 Å². The molecule has 0 spiro atoms. The van der Waals surface area contributed by atoms with Crippen molar-refractivity contribution in [2.24, 2.45) is 0 Å². The van der Waals surface area contributed by atoms with Gasteiger partial charge in [-0.3, -0.25) is 14.8 Å². The van der Waals surface area contributed by atoms with Crippen LogP contribution in [0.1, 0.15) is 21.5 Å². The number of aliphatic hydroxyl groups is 1. The summed E-state index contributed by atoms with van der Waals surface area (Å²) in [7, 11) is 0. The topological polar surface area (TPSA) is 125 Å². The smallest absolute Gasteiger partial charge is 0.271 e. The number of hydroxylamine groups is 1. The van der Waals surface area contributed by atoms with E-state index in [1.165, 1.54) is 17.6 Å². The monoisotopic (exact) mass is 357 g/mol. The number of aliphatic hydroxyl groups excluding tert-OH is 1. The molecule has 134 valence electrons. The normalized spacial score (nSPS) is 12.3. The van der Waals surface area contributed by atoms with Crippen LogP contribution in [0.4, 0.5) is 10.1 Å². The number of carbonyl (C=O) groups is 2. The molecule has 6 N–H and O–H groups in total. The van der Waals surface area contributed by atoms with Gasteiger partial charge < -0.3 is 16.2 Å². The number of rotatable bonds is 4. The van der Waals surface area contributed by atoms with Crippen molar-refractivity contribution in [2.75, 3.05) is 5.73 Å². The van der Waals surface area contributed by atoms with E-state index in [4.69, 9.17) is 16.0 Å². The Morgan fingerprint density at radius 1 is 1.00 bits per heavy atom. The van der Waals surface area contributed by atoms with Gasteiger partial charge in [0.25, 0.3) is 11.8 Å². The number of carbonyl (C=O) groups excluding carboxylic acids is 2. The summed E-state index contributed by atoms with van der Waals surface area (Å²) in [6.45, 7) is 0. The predicted molar refractivity (Wildman–Crippen MR) is 91.6 cm³/mol. The van der Waals surface area contributed by atoms with Crippen molar-refractivity contribution in [3.63, 3.8) is 0 Å². The first kappa shape index (κ1) is 18.9. The summed E-state index contributed by atoms with van der Waals surface area (Å²) in [5.41, 5.74) is 8.93. The molecule has 26 heavy (non-hydrogen) atoms. The Hall–Kier alpha value is -3.41. The minimum atomic E-state index is -2.67. The molecule has 0 fully saturated rings. The number of amides is 2. The van der Waals surface area contributed by atoms with Crippen LogP contribution in [0, 0.1) is 11.8 Å². The van der Waals surface area contributed by atoms with Crippen LogP contribution in [0.15, 0.2) is 48.5 Å². The van der Waals surface area contributed by atoms with E-state index in [1.807, 2.05) is 5.32 Å². The van der Waals surface area contributed by atoms with Crippen molar-refractivity contribution in [3.8, 4) is 11.8 Å². The highest BCUT2D eigenvalue weighted by molar-refractivity contribution is 5.97. The number of nitrogens with one attached hydrogen (secondary N) is 2. The fourth-order valence-electron chi connectivity index (χ4n) is 1.97. The molecular weight excluding hydrogens is 341 g/mol. The molecule has 0 aliphatic rings. The van der Waals surface area contributed by atoms with E-state index in [0.717, 1.165) is 5.56 Å². The molecular formula is C18H16FN3O4. The predicted octanol–water partition coefficient (Wildman–Crippen LogP) is 0.560. The van der Waals surface area contributed by atoms with Crippen LogP contribution in [0.2, 0.25) is 0 Å². The molecule has 2 rings (SSSR count). The maximum Gasteiger partial charge on any atom is 0.271 e. The maximum absolute atomic E-state index is 13.0. The summed E-state index contributed by atoms with van der Waals surface area (Å²) >= 11 is 0. The molecule has 7 nitrogen and oxygen atoms in total. The Kier molecular flexibility index (Phi) is 6.27. The molecule has 0 aliphatic heterocycles. The van der Waals surface area contributed by atoms with Crippen LogP contribution < -0.4 is 16.5 Å². The average Bonchev–Trinajstić information content (AvgIpc) is 2.65. The van der Waals surface area contributed by atoms with Crippen LogP contribution in [0.5, 0.6) is 0 Å². The van der Waals surface area contributed by atoms with Crippen LogP contribution in [-0.2, 0) is 4.79 Å². The first-order valence-corrected chi connectivity index (χ1v) is 7.45. The second kappa shape index (κ2) is 8.62. The molecule has 2 aromatic rings. The third-order valence-electron chi connectivity index (χ3n) is 3.36. The van der Waals surface area contributed by atoms with Gasteiger partial charge in [-0.1, -0.05) is 11.8 Å². The third kappa shape index (κ3) is 5.04. The molecule has 0 saturated heterocycles. The van der Waals surface area contributed by atoms with Crippen molar-refractivity contribution >= 4 is 17.5 Å². The number of nitrogen functional groups attached to an aromatic ring is 1. The minimum absolute atomic E-state index is 0.124. The average molecular weight is 357 g/mol. The Morgan fingerprint density at radius 2 is 1.50 bits per heavy atom. The SMILES string of the molecule is Nc1ccc(C#Cc2ccc(C(=O)N[C@H](C(=O)NO)[C@H](O)F)cc2)cc1. The lowest BCUT2D eigenvalue weighted by atomic mass is 10.1. The summed E-state index contributed by atoms with van der Waals surface area (Å²) in [6.07, 6.45) is -2.67. The number of alkyl halides is 1. The van der Waals surface area contributed by atoms with Gasteiger partial charge in [0.2, 0.25) is 6.36 Å². The summed E-state index contributed by atoms with van der Waals surface area (Å²) in [5, 5.41) is 19.3. The van der Waals surface area contributed by atoms with E-state index in [2.05, 4.69) is 11.8 Å². The Labute approximate surface area is 148 Å². The Bertz CT molecular complexity index is 839. The number of halogens is 1. The molecule has 0 aliphatic carbocycles. The quantitative estimate of drug-likeness (QED) is 0.237. The number of nitrogens with two attached hydrogens (primary N) is 1. The second-order valence-corrected chi connectivity index (χ2v) is 5.25. The van der Waals surface area contributed by atoms with Crippen LogP contribution in [-0.4, -0.2) is 34.5 Å². The summed E-state index contributed by atoms with van der Waals surface area (Å²) in [6, 6.07) is 11.1. The molecule has 0 heterocycles. The first-order chi connectivity index (χ1) is 12.4. The lowest BCUT2D eigenvalue weighted by molar-refractivity contribution is -0.137. The Morgan fingerprint density at radius 3 is 1.96 bits per heavy atom. The molecule has 0 unspecified atom stereocenters. The van der Waals surface area contributed by atoms with Crippen molar-refractivity contribution in [2.45, 2.75) is 12.4 Å². The minimum Gasteiger partial charge on any atom is -0.399 e. The van der Waals surface area contributed by atoms with Crippen molar-refractivity contribution in [3.05, 3.63) is 65.2 Å². The lowest BCUT2D eigenvalue weighted by Gasteiger charge is -2.16. The van der Waals surface area contributed by atoms with Crippen LogP contribution >= 0.6 is 0 Å². The van der Waals surface area contributed by atoms with Gasteiger partial charge in [-0.2, -0.15) is 0 Å². The fraction of sp³-hybridized carbons (Fsp3) is 0.111. The highest BCUT2D eigenvalue weighted by atomic mass is 19.1. The molecule has 0 saturated carbocycles. The standard InChI is InChI=1S/C18H16FN3O4/c19-16(23)15(18(25)22-26)21-17(24)13-7-3-11(4-8-13)1-2-12-5-9-14(20)10-6-12/h3-10,15-16,23,26H,20H2,(H,21,24)(H,22,25)/t15-,16-/m0/s1. The van der Waals surface area contributed by atoms with E-state index in [1.54, 1.807) is 36.4 Å². The number of benzene rings is 2. The number of hydrogen-bond donors (Lipinski definition) is 5. The van der Waals surface area contributed by atoms with E-state index in [0.29, 0.717) is 11.3 Å². The van der Waals surface area contributed by atoms with Gasteiger partial charge in [0, 0.05) is 22.4 Å². The molecule has 2 aromatic carbocycles. The highest BCUT2D eigenvalue weighted by Gasteiger charge is 2.28. The van der Waals surface area contributed by atoms with Crippen molar-refractivity contribution in [1.29, 1.82) is 0 Å². The van der Waals surface area contributed by atoms with Gasteiger partial charge in [0.15, 0.2) is 6.04 Å². The van der Waals surface area contributed by atoms with Gasteiger partial charge >= 0.3 is 0 Å². The second-order valence-electron chi connectivity index (χ2n) is 5.25. The summed E-state index contributed by atoms with van der Waals surface area (Å²) in [5.74, 6) is 3.77. The lowest BCUT2D eigenvalue weighted by Crippen LogP contribution is -2.51. The number of anilines is 1. The molecule has 8 heteroatoms. The summed E-state index contributed by atoms with van der Waals surface area (Å²) < 4.78 is 13.0. The molecule has 0 aromatic heterocycles. The molecule has 0 radical (unpaired) electrons. The highest BCUT2D eigenvalue weighted by Crippen LogP contribution is 2.07. The zero-order chi connectivity index (χ0) is 19.1. The molecule has 2 amide bonds. The molecule has 0 bridgehead atoms. The van der Waals surface area contributed by atoms with E-state index in [9.17, 15) is 14.0 Å². The van der Waals surface area contributed by atoms with Crippen molar-refractivity contribution in [1.82, 2.24) is 10.8 Å². The maximum atomic E-state index is 13.0. The largest absolute Gasteiger partial charge is 0.399 e. The zero-order valence-corrected chi connectivity index (χ0v) is 13.4. The zero-order valence-electron chi connectivity index (χ0n) is 13.4. The van der Waals surface area contributed by atoms with E-state index < -0.39 is 24.2 Å². The molecule has 2 atom stereocenters. The summed E-state index contributed by atoms with van der Waals surface area (Å²) in [4.78, 5) is 23.2. The van der Waals surface area contributed by atoms with Crippen LogP contribution in [0.3, 0.4) is 0 Å². The first-order valence-electron chi connectivity index (χ1n) is 7.45. The fourth-order valence-corrected chi connectivity index (χ4v) is 1.97. The van der Waals surface area contributed by atoms with E-state index >= 15 is 0 Å². The van der Waals surface area contributed by atoms with Crippen molar-refractivity contribution < 1.29 is 24.3 Å². The number of hydrogen-bond acceptors (Lipinski definition) is 5. The Balaban J connectivity index is 2.08. The van der Waals surface area contributed by atoms with Gasteiger partial charge in [-0.05, 0) is 48.5 Å².